The summed E-state index contributed by atoms with van der Waals surface area (Å²) in [5.41, 5.74) is 0. The SMILES string of the molecule is COC(C)Oc1c[c]cnc1. The van der Waals surface area contributed by atoms with Crippen molar-refractivity contribution in [1.82, 2.24) is 4.98 Å². The van der Waals surface area contributed by atoms with Crippen molar-refractivity contribution >= 4 is 0 Å². The summed E-state index contributed by atoms with van der Waals surface area (Å²) >= 11 is 0. The van der Waals surface area contributed by atoms with Gasteiger partial charge in [0, 0.05) is 19.4 Å². The summed E-state index contributed by atoms with van der Waals surface area (Å²) < 4.78 is 10.1. The van der Waals surface area contributed by atoms with E-state index in [-0.39, 0.29) is 6.29 Å². The van der Waals surface area contributed by atoms with Crippen molar-refractivity contribution in [2.75, 3.05) is 7.11 Å². The highest BCUT2D eigenvalue weighted by Gasteiger charge is 1.99. The molecule has 0 aliphatic heterocycles. The molecule has 0 aliphatic carbocycles. The number of methoxy groups -OCH3 is 1. The smallest absolute Gasteiger partial charge is 0.196 e. The third-order valence-corrected chi connectivity index (χ3v) is 1.21. The van der Waals surface area contributed by atoms with Gasteiger partial charge in [0.1, 0.15) is 5.75 Å². The lowest BCUT2D eigenvalue weighted by Crippen LogP contribution is -2.13. The van der Waals surface area contributed by atoms with Crippen LogP contribution in [-0.4, -0.2) is 18.4 Å². The third-order valence-electron chi connectivity index (χ3n) is 1.21. The molecule has 1 aromatic rings. The first-order valence-electron chi connectivity index (χ1n) is 3.33. The first-order valence-corrected chi connectivity index (χ1v) is 3.33. The lowest BCUT2D eigenvalue weighted by Gasteiger charge is -2.11. The Hall–Kier alpha value is -1.09. The minimum Gasteiger partial charge on any atom is -0.464 e. The zero-order valence-electron chi connectivity index (χ0n) is 6.57. The van der Waals surface area contributed by atoms with Gasteiger partial charge in [0.2, 0.25) is 0 Å². The maximum atomic E-state index is 5.25. The second-order valence-electron chi connectivity index (χ2n) is 2.04. The maximum Gasteiger partial charge on any atom is 0.196 e. The molecule has 0 N–H and O–H groups in total. The minimum absolute atomic E-state index is 0.243. The van der Waals surface area contributed by atoms with Crippen LogP contribution in [-0.2, 0) is 4.74 Å². The Labute approximate surface area is 66.0 Å². The van der Waals surface area contributed by atoms with Crippen LogP contribution in [0.2, 0.25) is 0 Å². The zero-order chi connectivity index (χ0) is 8.10. The van der Waals surface area contributed by atoms with Crippen LogP contribution in [0, 0.1) is 6.07 Å². The predicted molar refractivity (Wildman–Crippen MR) is 40.2 cm³/mol. The molecule has 1 aromatic heterocycles. The molecular formula is C8H10NO2. The Balaban J connectivity index is 2.51. The molecule has 3 heteroatoms. The summed E-state index contributed by atoms with van der Waals surface area (Å²) in [6.07, 6.45) is 2.95. The average molecular weight is 152 g/mol. The van der Waals surface area contributed by atoms with Crippen LogP contribution in [0.5, 0.6) is 5.75 Å². The van der Waals surface area contributed by atoms with Crippen molar-refractivity contribution in [3.8, 4) is 5.75 Å². The van der Waals surface area contributed by atoms with E-state index in [1.54, 1.807) is 25.6 Å². The molecule has 0 amide bonds. The fourth-order valence-electron chi connectivity index (χ4n) is 0.615. The Morgan fingerprint density at radius 1 is 1.64 bits per heavy atom. The number of ether oxygens (including phenoxy) is 2. The molecular weight excluding hydrogens is 142 g/mol. The van der Waals surface area contributed by atoms with Gasteiger partial charge in [-0.15, -0.1) is 0 Å². The quantitative estimate of drug-likeness (QED) is 0.611. The van der Waals surface area contributed by atoms with Crippen LogP contribution in [0.4, 0.5) is 0 Å². The fourth-order valence-corrected chi connectivity index (χ4v) is 0.615. The van der Waals surface area contributed by atoms with Crippen molar-refractivity contribution in [1.29, 1.82) is 0 Å². The first-order chi connectivity index (χ1) is 5.33. The summed E-state index contributed by atoms with van der Waals surface area (Å²) in [6.45, 7) is 1.81. The summed E-state index contributed by atoms with van der Waals surface area (Å²) in [5, 5.41) is 0. The molecule has 0 saturated heterocycles. The van der Waals surface area contributed by atoms with E-state index >= 15 is 0 Å². The van der Waals surface area contributed by atoms with Crippen LogP contribution < -0.4 is 4.74 Å². The molecule has 3 nitrogen and oxygen atoms in total. The van der Waals surface area contributed by atoms with Gasteiger partial charge >= 0.3 is 0 Å². The van der Waals surface area contributed by atoms with Crippen molar-refractivity contribution in [2.45, 2.75) is 13.2 Å². The van der Waals surface area contributed by atoms with E-state index in [2.05, 4.69) is 11.1 Å². The summed E-state index contributed by atoms with van der Waals surface area (Å²) in [7, 11) is 1.59. The standard InChI is InChI=1S/C8H10NO2/c1-7(10-2)11-8-4-3-5-9-6-8/h4-7H,1-2H3. The number of hydrogen-bond donors (Lipinski definition) is 0. The molecule has 0 aliphatic rings. The highest BCUT2D eigenvalue weighted by Crippen LogP contribution is 2.08. The van der Waals surface area contributed by atoms with Crippen molar-refractivity contribution in [3.63, 3.8) is 0 Å². The summed E-state index contributed by atoms with van der Waals surface area (Å²) in [5.74, 6) is 0.668. The normalized spacial score (nSPS) is 12.5. The van der Waals surface area contributed by atoms with Crippen LogP contribution in [0.15, 0.2) is 18.5 Å². The number of nitrogens with zero attached hydrogens (tertiary/aromatic N) is 1. The van der Waals surface area contributed by atoms with Gasteiger partial charge < -0.3 is 9.47 Å². The fraction of sp³-hybridized carbons (Fsp3) is 0.375. The molecule has 0 aromatic carbocycles. The molecule has 0 fully saturated rings. The molecule has 1 atom stereocenters. The van der Waals surface area contributed by atoms with Crippen molar-refractivity contribution in [2.24, 2.45) is 0 Å². The second kappa shape index (κ2) is 3.93. The van der Waals surface area contributed by atoms with Gasteiger partial charge in [-0.25, -0.2) is 0 Å². The largest absolute Gasteiger partial charge is 0.464 e. The summed E-state index contributed by atoms with van der Waals surface area (Å²) in [6, 6.07) is 4.51. The average Bonchev–Trinajstić information content (AvgIpc) is 2.06. The minimum atomic E-state index is -0.243. The molecule has 0 bridgehead atoms. The second-order valence-corrected chi connectivity index (χ2v) is 2.04. The van der Waals surface area contributed by atoms with Crippen LogP contribution >= 0.6 is 0 Å². The molecule has 1 unspecified atom stereocenters. The van der Waals surface area contributed by atoms with Crippen LogP contribution in [0.1, 0.15) is 6.92 Å². The van der Waals surface area contributed by atoms with Gasteiger partial charge in [-0.1, -0.05) is 0 Å². The predicted octanol–water partition coefficient (Wildman–Crippen LogP) is 1.25. The van der Waals surface area contributed by atoms with Crippen molar-refractivity contribution < 1.29 is 9.47 Å². The number of pyridine rings is 1. The third kappa shape index (κ3) is 2.55. The van der Waals surface area contributed by atoms with Crippen LogP contribution in [0.3, 0.4) is 0 Å². The monoisotopic (exact) mass is 152 g/mol. The highest BCUT2D eigenvalue weighted by atomic mass is 16.7. The molecule has 0 spiro atoms. The van der Waals surface area contributed by atoms with E-state index in [1.165, 1.54) is 0 Å². The first kappa shape index (κ1) is 8.01. The van der Waals surface area contributed by atoms with E-state index in [4.69, 9.17) is 9.47 Å². The molecule has 11 heavy (non-hydrogen) atoms. The topological polar surface area (TPSA) is 31.4 Å². The van der Waals surface area contributed by atoms with Gasteiger partial charge in [-0.3, -0.25) is 4.98 Å². The van der Waals surface area contributed by atoms with E-state index in [0.717, 1.165) is 0 Å². The number of hydrogen-bond acceptors (Lipinski definition) is 3. The van der Waals surface area contributed by atoms with Gasteiger partial charge in [-0.05, 0) is 13.0 Å². The lowest BCUT2D eigenvalue weighted by molar-refractivity contribution is -0.0384. The molecule has 59 valence electrons. The van der Waals surface area contributed by atoms with Crippen LogP contribution in [0.25, 0.3) is 0 Å². The maximum absolute atomic E-state index is 5.25. The van der Waals surface area contributed by atoms with E-state index in [9.17, 15) is 0 Å². The summed E-state index contributed by atoms with van der Waals surface area (Å²) in [4.78, 5) is 3.84. The molecule has 1 rings (SSSR count). The van der Waals surface area contributed by atoms with Gasteiger partial charge in [0.25, 0.3) is 0 Å². The molecule has 1 heterocycles. The van der Waals surface area contributed by atoms with Gasteiger partial charge in [0.15, 0.2) is 6.29 Å². The van der Waals surface area contributed by atoms with E-state index in [0.29, 0.717) is 5.75 Å². The Bertz CT molecular complexity index is 201. The van der Waals surface area contributed by atoms with Gasteiger partial charge in [-0.2, -0.15) is 0 Å². The Kier molecular flexibility index (Phi) is 2.86. The number of aromatic nitrogens is 1. The van der Waals surface area contributed by atoms with E-state index in [1.807, 2.05) is 6.92 Å². The molecule has 0 saturated carbocycles. The van der Waals surface area contributed by atoms with Gasteiger partial charge in [0.05, 0.1) is 6.20 Å². The zero-order valence-corrected chi connectivity index (χ0v) is 6.57. The Morgan fingerprint density at radius 2 is 2.45 bits per heavy atom. The number of rotatable bonds is 3. The Morgan fingerprint density at radius 3 is 3.00 bits per heavy atom. The highest BCUT2D eigenvalue weighted by molar-refractivity contribution is 5.14. The molecule has 1 radical (unpaired) electrons. The lowest BCUT2D eigenvalue weighted by atomic mass is 10.5. The van der Waals surface area contributed by atoms with Crippen molar-refractivity contribution in [3.05, 3.63) is 24.5 Å². The van der Waals surface area contributed by atoms with E-state index < -0.39 is 0 Å².